The van der Waals surface area contributed by atoms with E-state index in [0.29, 0.717) is 23.5 Å². The minimum atomic E-state index is -0.314. The van der Waals surface area contributed by atoms with Crippen LogP contribution in [0.3, 0.4) is 0 Å². The standard InChI is InChI=1S/C10H12N4O2/c1-3-6-9(15)12-8(13-10(6)16)7-4-5-11-14(7)2/h4-5H,3H2,1-2H3,(H2,12,13,15,16). The molecule has 16 heavy (non-hydrogen) atoms. The maximum atomic E-state index is 11.6. The lowest BCUT2D eigenvalue weighted by molar-refractivity contribution is 0.444. The fourth-order valence-corrected chi connectivity index (χ4v) is 1.53. The number of aromatic amines is 1. The number of rotatable bonds is 2. The smallest absolute Gasteiger partial charge is 0.258 e. The molecule has 0 fully saturated rings. The van der Waals surface area contributed by atoms with Gasteiger partial charge in [-0.25, -0.2) is 0 Å². The Morgan fingerprint density at radius 3 is 2.81 bits per heavy atom. The second-order valence-electron chi connectivity index (χ2n) is 3.41. The molecule has 6 heteroatoms. The Morgan fingerprint density at radius 2 is 2.31 bits per heavy atom. The Morgan fingerprint density at radius 1 is 1.56 bits per heavy atom. The molecule has 2 rings (SSSR count). The van der Waals surface area contributed by atoms with E-state index in [1.165, 1.54) is 0 Å². The Hall–Kier alpha value is -2.11. The Bertz CT molecular complexity index is 570. The van der Waals surface area contributed by atoms with Crippen LogP contribution in [0.25, 0.3) is 11.5 Å². The Kier molecular flexibility index (Phi) is 2.47. The number of aromatic hydroxyl groups is 1. The summed E-state index contributed by atoms with van der Waals surface area (Å²) in [5, 5.41) is 13.6. The minimum absolute atomic E-state index is 0.220. The van der Waals surface area contributed by atoms with Crippen LogP contribution in [-0.2, 0) is 13.5 Å². The van der Waals surface area contributed by atoms with Crippen LogP contribution in [0.1, 0.15) is 12.5 Å². The van der Waals surface area contributed by atoms with Gasteiger partial charge < -0.3 is 10.1 Å². The monoisotopic (exact) mass is 220 g/mol. The van der Waals surface area contributed by atoms with Crippen molar-refractivity contribution >= 4 is 0 Å². The Balaban J connectivity index is 2.61. The number of hydrogen-bond donors (Lipinski definition) is 2. The molecule has 0 amide bonds. The van der Waals surface area contributed by atoms with Crippen molar-refractivity contribution in [3.63, 3.8) is 0 Å². The van der Waals surface area contributed by atoms with Crippen LogP contribution < -0.4 is 5.56 Å². The van der Waals surface area contributed by atoms with E-state index in [1.807, 2.05) is 0 Å². The first kappa shape index (κ1) is 10.4. The van der Waals surface area contributed by atoms with Crippen molar-refractivity contribution in [3.8, 4) is 17.4 Å². The molecule has 0 aliphatic rings. The molecule has 0 saturated carbocycles. The van der Waals surface area contributed by atoms with Gasteiger partial charge in [0.15, 0.2) is 5.82 Å². The van der Waals surface area contributed by atoms with Crippen LogP contribution in [-0.4, -0.2) is 24.9 Å². The van der Waals surface area contributed by atoms with E-state index in [4.69, 9.17) is 0 Å². The SMILES string of the molecule is CCc1c(O)nc(-c2ccnn2C)[nH]c1=O. The second kappa shape index (κ2) is 3.80. The average molecular weight is 220 g/mol. The maximum absolute atomic E-state index is 11.6. The van der Waals surface area contributed by atoms with E-state index < -0.39 is 0 Å². The topological polar surface area (TPSA) is 83.8 Å². The third kappa shape index (κ3) is 1.58. The summed E-state index contributed by atoms with van der Waals surface area (Å²) in [6, 6.07) is 1.71. The van der Waals surface area contributed by atoms with Gasteiger partial charge in [-0.05, 0) is 12.5 Å². The lowest BCUT2D eigenvalue weighted by atomic mass is 10.2. The maximum Gasteiger partial charge on any atom is 0.258 e. The number of H-pyrrole nitrogens is 1. The largest absolute Gasteiger partial charge is 0.493 e. The normalized spacial score (nSPS) is 10.6. The van der Waals surface area contributed by atoms with Gasteiger partial charge in [0.05, 0.1) is 5.56 Å². The van der Waals surface area contributed by atoms with Crippen molar-refractivity contribution in [2.24, 2.45) is 7.05 Å². The summed E-state index contributed by atoms with van der Waals surface area (Å²) in [5.41, 5.74) is 0.632. The van der Waals surface area contributed by atoms with Crippen LogP contribution in [0, 0.1) is 0 Å². The molecular weight excluding hydrogens is 208 g/mol. The van der Waals surface area contributed by atoms with Gasteiger partial charge in [0, 0.05) is 13.2 Å². The zero-order valence-electron chi connectivity index (χ0n) is 9.06. The zero-order valence-corrected chi connectivity index (χ0v) is 9.06. The summed E-state index contributed by atoms with van der Waals surface area (Å²) >= 11 is 0. The first-order valence-corrected chi connectivity index (χ1v) is 4.94. The van der Waals surface area contributed by atoms with Crippen molar-refractivity contribution in [2.75, 3.05) is 0 Å². The number of aromatic nitrogens is 4. The Labute approximate surface area is 91.6 Å². The van der Waals surface area contributed by atoms with Gasteiger partial charge in [0.2, 0.25) is 5.88 Å². The van der Waals surface area contributed by atoms with Gasteiger partial charge in [0.1, 0.15) is 5.69 Å². The molecule has 2 heterocycles. The molecule has 2 aromatic rings. The molecule has 0 unspecified atom stereocenters. The first-order valence-electron chi connectivity index (χ1n) is 4.94. The van der Waals surface area contributed by atoms with Crippen LogP contribution in [0.15, 0.2) is 17.1 Å². The first-order chi connectivity index (χ1) is 7.63. The highest BCUT2D eigenvalue weighted by Gasteiger charge is 2.11. The minimum Gasteiger partial charge on any atom is -0.493 e. The third-order valence-corrected chi connectivity index (χ3v) is 2.41. The zero-order chi connectivity index (χ0) is 11.7. The molecule has 0 aliphatic carbocycles. The third-order valence-electron chi connectivity index (χ3n) is 2.41. The lowest BCUT2D eigenvalue weighted by Gasteiger charge is -2.04. The van der Waals surface area contributed by atoms with E-state index in [9.17, 15) is 9.90 Å². The lowest BCUT2D eigenvalue weighted by Crippen LogP contribution is -2.15. The highest BCUT2D eigenvalue weighted by Crippen LogP contribution is 2.16. The molecule has 0 radical (unpaired) electrons. The van der Waals surface area contributed by atoms with E-state index in [2.05, 4.69) is 15.1 Å². The van der Waals surface area contributed by atoms with Crippen molar-refractivity contribution in [1.29, 1.82) is 0 Å². The summed E-state index contributed by atoms with van der Waals surface area (Å²) in [5.74, 6) is 0.0992. The fraction of sp³-hybridized carbons (Fsp3) is 0.300. The van der Waals surface area contributed by atoms with Crippen molar-refractivity contribution in [3.05, 3.63) is 28.2 Å². The predicted octanol–water partition coefficient (Wildman–Crippen LogP) is 0.438. The number of nitrogens with one attached hydrogen (secondary N) is 1. The molecule has 0 aromatic carbocycles. The number of aryl methyl sites for hydroxylation is 1. The molecule has 84 valence electrons. The van der Waals surface area contributed by atoms with Gasteiger partial charge in [-0.15, -0.1) is 0 Å². The average Bonchev–Trinajstić information content (AvgIpc) is 2.64. The highest BCUT2D eigenvalue weighted by atomic mass is 16.3. The van der Waals surface area contributed by atoms with Crippen LogP contribution in [0.2, 0.25) is 0 Å². The van der Waals surface area contributed by atoms with E-state index in [1.54, 1.807) is 30.9 Å². The van der Waals surface area contributed by atoms with E-state index >= 15 is 0 Å². The highest BCUT2D eigenvalue weighted by molar-refractivity contribution is 5.50. The predicted molar refractivity (Wildman–Crippen MR) is 58.1 cm³/mol. The van der Waals surface area contributed by atoms with Crippen molar-refractivity contribution < 1.29 is 5.11 Å². The van der Waals surface area contributed by atoms with Gasteiger partial charge in [0.25, 0.3) is 5.56 Å². The molecular formula is C10H12N4O2. The molecule has 0 atom stereocenters. The van der Waals surface area contributed by atoms with Crippen LogP contribution in [0.5, 0.6) is 5.88 Å². The second-order valence-corrected chi connectivity index (χ2v) is 3.41. The molecule has 6 nitrogen and oxygen atoms in total. The fourth-order valence-electron chi connectivity index (χ4n) is 1.53. The molecule has 0 bridgehead atoms. The summed E-state index contributed by atoms with van der Waals surface area (Å²) in [6.07, 6.45) is 2.04. The van der Waals surface area contributed by atoms with E-state index in [0.717, 1.165) is 0 Å². The van der Waals surface area contributed by atoms with Gasteiger partial charge in [-0.3, -0.25) is 9.48 Å². The van der Waals surface area contributed by atoms with Gasteiger partial charge >= 0.3 is 0 Å². The number of hydrogen-bond acceptors (Lipinski definition) is 4. The molecule has 2 N–H and O–H groups in total. The summed E-state index contributed by atoms with van der Waals surface area (Å²) in [7, 11) is 1.74. The van der Waals surface area contributed by atoms with Gasteiger partial charge in [-0.1, -0.05) is 6.92 Å². The summed E-state index contributed by atoms with van der Waals surface area (Å²) in [6.45, 7) is 1.79. The van der Waals surface area contributed by atoms with Crippen molar-refractivity contribution in [1.82, 2.24) is 19.7 Å². The quantitative estimate of drug-likeness (QED) is 0.769. The summed E-state index contributed by atoms with van der Waals surface area (Å²) < 4.78 is 1.57. The molecule has 0 aliphatic heterocycles. The number of nitrogens with zero attached hydrogens (tertiary/aromatic N) is 3. The molecule has 2 aromatic heterocycles. The molecule has 0 spiro atoms. The van der Waals surface area contributed by atoms with Crippen molar-refractivity contribution in [2.45, 2.75) is 13.3 Å². The van der Waals surface area contributed by atoms with Crippen LogP contribution in [0.4, 0.5) is 0 Å². The van der Waals surface area contributed by atoms with Crippen LogP contribution >= 0.6 is 0 Å². The summed E-state index contributed by atoms with van der Waals surface area (Å²) in [4.78, 5) is 18.2. The van der Waals surface area contributed by atoms with E-state index in [-0.39, 0.29) is 11.4 Å². The van der Waals surface area contributed by atoms with Gasteiger partial charge in [-0.2, -0.15) is 10.1 Å². The molecule has 0 saturated heterocycles.